The summed E-state index contributed by atoms with van der Waals surface area (Å²) in [4.78, 5) is 0. The lowest BCUT2D eigenvalue weighted by atomic mass is 10.0. The van der Waals surface area contributed by atoms with Crippen LogP contribution in [0, 0.1) is 11.6 Å². The molecule has 24 heavy (non-hydrogen) atoms. The molecular formula is C17H21F2N3OS. The molecule has 0 bridgehead atoms. The van der Waals surface area contributed by atoms with Gasteiger partial charge in [-0.3, -0.25) is 0 Å². The van der Waals surface area contributed by atoms with Gasteiger partial charge < -0.3 is 10.1 Å². The minimum atomic E-state index is -0.407. The van der Waals surface area contributed by atoms with Gasteiger partial charge in [-0.2, -0.15) is 5.10 Å². The minimum Gasteiger partial charge on any atom is -0.373 e. The fourth-order valence-electron chi connectivity index (χ4n) is 2.87. The predicted molar refractivity (Wildman–Crippen MR) is 90.6 cm³/mol. The van der Waals surface area contributed by atoms with Crippen molar-refractivity contribution >= 4 is 11.9 Å². The maximum atomic E-state index is 13.3. The van der Waals surface area contributed by atoms with Gasteiger partial charge in [-0.15, -0.1) is 0 Å². The van der Waals surface area contributed by atoms with Crippen LogP contribution in [0.15, 0.2) is 24.4 Å². The Balaban J connectivity index is 0.000000149. The summed E-state index contributed by atoms with van der Waals surface area (Å²) in [6.45, 7) is 2.55. The van der Waals surface area contributed by atoms with E-state index in [-0.39, 0.29) is 11.9 Å². The first kappa shape index (κ1) is 17.4. The minimum absolute atomic E-state index is 0.264. The van der Waals surface area contributed by atoms with Crippen LogP contribution in [0.25, 0.3) is 0 Å². The Kier molecular flexibility index (Phi) is 5.86. The van der Waals surface area contributed by atoms with Crippen molar-refractivity contribution in [3.05, 3.63) is 52.9 Å². The van der Waals surface area contributed by atoms with Crippen molar-refractivity contribution in [1.29, 1.82) is 0 Å². The van der Waals surface area contributed by atoms with Crippen LogP contribution in [0.1, 0.15) is 42.2 Å². The van der Waals surface area contributed by atoms with E-state index in [1.165, 1.54) is 17.3 Å². The van der Waals surface area contributed by atoms with Crippen molar-refractivity contribution in [2.45, 2.75) is 38.5 Å². The second kappa shape index (κ2) is 8.09. The van der Waals surface area contributed by atoms with E-state index >= 15 is 0 Å². The van der Waals surface area contributed by atoms with E-state index in [0.717, 1.165) is 44.5 Å². The highest BCUT2D eigenvalue weighted by molar-refractivity contribution is 7.97. The van der Waals surface area contributed by atoms with Crippen molar-refractivity contribution in [2.75, 3.05) is 12.9 Å². The summed E-state index contributed by atoms with van der Waals surface area (Å²) in [5.74, 6) is -0.783. The number of hydrogen-bond acceptors (Lipinski definition) is 4. The molecule has 1 atom stereocenters. The number of nitrogens with zero attached hydrogens (tertiary/aromatic N) is 2. The standard InChI is InChI=1S/C11H12F2O.C6H9N3S/c12-8-4-5-10(13)9(7-8)11-3-1-2-6-14-11;1-10-9-4-5-2-7-3-6(5)8-9/h4-5,7,11H,1-3,6H2;4,7H,2-3H2,1H3. The summed E-state index contributed by atoms with van der Waals surface area (Å²) in [7, 11) is 0. The molecule has 0 saturated carbocycles. The molecule has 2 aromatic rings. The van der Waals surface area contributed by atoms with Crippen molar-refractivity contribution < 1.29 is 13.5 Å². The number of aromatic nitrogens is 2. The van der Waals surface area contributed by atoms with Crippen LogP contribution in [0.3, 0.4) is 0 Å². The molecule has 1 fully saturated rings. The van der Waals surface area contributed by atoms with E-state index in [1.807, 2.05) is 10.3 Å². The van der Waals surface area contributed by atoms with Gasteiger partial charge in [0.25, 0.3) is 0 Å². The molecule has 0 spiro atoms. The molecule has 2 aliphatic rings. The highest BCUT2D eigenvalue weighted by Crippen LogP contribution is 2.29. The number of rotatable bonds is 2. The Morgan fingerprint density at radius 2 is 2.17 bits per heavy atom. The van der Waals surface area contributed by atoms with Gasteiger partial charge in [0, 0.05) is 43.3 Å². The van der Waals surface area contributed by atoms with Crippen molar-refractivity contribution in [2.24, 2.45) is 0 Å². The van der Waals surface area contributed by atoms with Crippen LogP contribution in [-0.4, -0.2) is 22.0 Å². The van der Waals surface area contributed by atoms with Gasteiger partial charge in [-0.25, -0.2) is 12.9 Å². The van der Waals surface area contributed by atoms with E-state index in [9.17, 15) is 8.78 Å². The Bertz CT molecular complexity index is 665. The molecule has 4 nitrogen and oxygen atoms in total. The van der Waals surface area contributed by atoms with E-state index in [4.69, 9.17) is 4.74 Å². The average Bonchev–Trinajstić information content (AvgIpc) is 3.20. The van der Waals surface area contributed by atoms with Gasteiger partial charge >= 0.3 is 0 Å². The number of halogens is 2. The Labute approximate surface area is 144 Å². The van der Waals surface area contributed by atoms with Crippen molar-refractivity contribution in [1.82, 2.24) is 14.5 Å². The summed E-state index contributed by atoms with van der Waals surface area (Å²) in [5, 5.41) is 7.56. The van der Waals surface area contributed by atoms with Crippen molar-refractivity contribution in [3.8, 4) is 0 Å². The second-order valence-electron chi connectivity index (χ2n) is 5.81. The van der Waals surface area contributed by atoms with Crippen LogP contribution in [0.5, 0.6) is 0 Å². The summed E-state index contributed by atoms with van der Waals surface area (Å²) < 4.78 is 33.5. The molecule has 0 aliphatic carbocycles. The molecule has 2 aliphatic heterocycles. The highest BCUT2D eigenvalue weighted by Gasteiger charge is 2.19. The van der Waals surface area contributed by atoms with Crippen LogP contribution < -0.4 is 5.32 Å². The number of hydrogen-bond donors (Lipinski definition) is 1. The molecule has 1 unspecified atom stereocenters. The molecule has 1 aromatic heterocycles. The van der Waals surface area contributed by atoms with Gasteiger partial charge in [0.05, 0.1) is 11.8 Å². The molecule has 0 amide bonds. The van der Waals surface area contributed by atoms with Crippen LogP contribution in [0.2, 0.25) is 0 Å². The van der Waals surface area contributed by atoms with E-state index in [1.54, 1.807) is 11.9 Å². The lowest BCUT2D eigenvalue weighted by Gasteiger charge is -2.23. The van der Waals surface area contributed by atoms with Gasteiger partial charge in [0.2, 0.25) is 0 Å². The van der Waals surface area contributed by atoms with E-state index in [2.05, 4.69) is 16.6 Å². The van der Waals surface area contributed by atoms with Gasteiger partial charge in [0.1, 0.15) is 11.6 Å². The predicted octanol–water partition coefficient (Wildman–Crippen LogP) is 3.82. The first-order valence-corrected chi connectivity index (χ1v) is 9.24. The highest BCUT2D eigenvalue weighted by atomic mass is 32.2. The molecule has 1 N–H and O–H groups in total. The van der Waals surface area contributed by atoms with E-state index < -0.39 is 5.82 Å². The molecule has 3 heterocycles. The molecule has 0 radical (unpaired) electrons. The third-order valence-corrected chi connectivity index (χ3v) is 4.70. The second-order valence-corrected chi connectivity index (χ2v) is 6.55. The lowest BCUT2D eigenvalue weighted by Crippen LogP contribution is -2.13. The van der Waals surface area contributed by atoms with E-state index in [0.29, 0.717) is 12.2 Å². The third-order valence-electron chi connectivity index (χ3n) is 4.14. The number of ether oxygens (including phenoxy) is 1. The molecule has 7 heteroatoms. The molecule has 1 aromatic carbocycles. The summed E-state index contributed by atoms with van der Waals surface area (Å²) >= 11 is 1.63. The first-order chi connectivity index (χ1) is 11.7. The van der Waals surface area contributed by atoms with Gasteiger partial charge in [-0.05, 0) is 49.4 Å². The number of fused-ring (bicyclic) bond motifs is 1. The van der Waals surface area contributed by atoms with Crippen LogP contribution in [0.4, 0.5) is 8.78 Å². The molecular weight excluding hydrogens is 332 g/mol. The normalized spacial score (nSPS) is 19.5. The summed E-state index contributed by atoms with van der Waals surface area (Å²) in [6, 6.07) is 3.51. The lowest BCUT2D eigenvalue weighted by molar-refractivity contribution is 0.0126. The number of nitrogens with one attached hydrogen (secondary N) is 1. The van der Waals surface area contributed by atoms with Gasteiger partial charge in [-0.1, -0.05) is 0 Å². The SMILES string of the molecule is CSn1cc2c(n1)CNC2.Fc1ccc(F)c(C2CCCCO2)c1. The largest absolute Gasteiger partial charge is 0.373 e. The Morgan fingerprint density at radius 3 is 2.88 bits per heavy atom. The topological polar surface area (TPSA) is 39.1 Å². The van der Waals surface area contributed by atoms with Crippen LogP contribution >= 0.6 is 11.9 Å². The van der Waals surface area contributed by atoms with Crippen molar-refractivity contribution in [3.63, 3.8) is 0 Å². The summed E-state index contributed by atoms with van der Waals surface area (Å²) in [6.07, 6.45) is 6.64. The zero-order valence-electron chi connectivity index (χ0n) is 13.6. The quantitative estimate of drug-likeness (QED) is 0.891. The molecule has 130 valence electrons. The third kappa shape index (κ3) is 4.15. The average molecular weight is 353 g/mol. The van der Waals surface area contributed by atoms with Gasteiger partial charge in [0.15, 0.2) is 0 Å². The Hall–Kier alpha value is -1.44. The van der Waals surface area contributed by atoms with Crippen LogP contribution in [-0.2, 0) is 17.8 Å². The maximum absolute atomic E-state index is 13.3. The maximum Gasteiger partial charge on any atom is 0.129 e. The summed E-state index contributed by atoms with van der Waals surface area (Å²) in [5.41, 5.74) is 2.90. The fourth-order valence-corrected chi connectivity index (χ4v) is 3.29. The zero-order valence-corrected chi connectivity index (χ0v) is 14.4. The smallest absolute Gasteiger partial charge is 0.129 e. The monoisotopic (exact) mass is 353 g/mol. The zero-order chi connectivity index (χ0) is 16.9. The molecule has 1 saturated heterocycles. The fraction of sp³-hybridized carbons (Fsp3) is 0.471. The Morgan fingerprint density at radius 1 is 1.29 bits per heavy atom. The molecule has 4 rings (SSSR count). The first-order valence-electron chi connectivity index (χ1n) is 8.06. The number of benzene rings is 1.